The van der Waals surface area contributed by atoms with E-state index in [1.807, 2.05) is 19.0 Å². The summed E-state index contributed by atoms with van der Waals surface area (Å²) in [4.78, 5) is 13.3. The highest BCUT2D eigenvalue weighted by Crippen LogP contribution is 2.01. The van der Waals surface area contributed by atoms with Crippen molar-refractivity contribution in [2.75, 3.05) is 40.3 Å². The van der Waals surface area contributed by atoms with Crippen molar-refractivity contribution in [2.45, 2.75) is 26.4 Å². The number of aliphatic hydroxyl groups is 1. The van der Waals surface area contributed by atoms with Crippen molar-refractivity contribution in [1.29, 1.82) is 0 Å². The number of carbonyl (C=O) groups excluding carboxylic acids is 1. The first-order valence-electron chi connectivity index (χ1n) is 6.07. The first kappa shape index (κ1) is 16.4. The second-order valence-electron chi connectivity index (χ2n) is 5.54. The van der Waals surface area contributed by atoms with Crippen molar-refractivity contribution in [2.24, 2.45) is 5.92 Å². The topological polar surface area (TPSA) is 64.6 Å². The average Bonchev–Trinajstić information content (AvgIpc) is 2.12. The molecule has 0 saturated heterocycles. The van der Waals surface area contributed by atoms with Crippen molar-refractivity contribution in [3.05, 3.63) is 0 Å². The Morgan fingerprint density at radius 3 is 2.47 bits per heavy atom. The highest BCUT2D eigenvalue weighted by molar-refractivity contribution is 5.77. The summed E-state index contributed by atoms with van der Waals surface area (Å²) in [6.45, 7) is 7.76. The van der Waals surface area contributed by atoms with Gasteiger partial charge in [-0.1, -0.05) is 13.8 Å². The third kappa shape index (κ3) is 10.2. The molecule has 0 aromatic rings. The molecule has 1 amide bonds. The second kappa shape index (κ2) is 7.63. The lowest BCUT2D eigenvalue weighted by Gasteiger charge is -2.27. The predicted molar refractivity (Wildman–Crippen MR) is 69.9 cm³/mol. The molecule has 0 radical (unpaired) electrons. The lowest BCUT2D eigenvalue weighted by Crippen LogP contribution is -2.47. The summed E-state index contributed by atoms with van der Waals surface area (Å²) in [6.07, 6.45) is 0. The molecule has 0 aromatic carbocycles. The zero-order valence-corrected chi connectivity index (χ0v) is 11.7. The van der Waals surface area contributed by atoms with Gasteiger partial charge in [0.1, 0.15) is 0 Å². The van der Waals surface area contributed by atoms with Crippen molar-refractivity contribution in [1.82, 2.24) is 15.5 Å². The fraction of sp³-hybridized carbons (Fsp3) is 0.917. The molecule has 0 aliphatic rings. The first-order valence-corrected chi connectivity index (χ1v) is 6.07. The van der Waals surface area contributed by atoms with Crippen molar-refractivity contribution in [3.8, 4) is 0 Å². The van der Waals surface area contributed by atoms with Crippen LogP contribution < -0.4 is 10.6 Å². The van der Waals surface area contributed by atoms with E-state index in [0.29, 0.717) is 25.6 Å². The van der Waals surface area contributed by atoms with Crippen LogP contribution in [0.25, 0.3) is 0 Å². The first-order chi connectivity index (χ1) is 7.73. The van der Waals surface area contributed by atoms with Crippen LogP contribution in [0.1, 0.15) is 20.8 Å². The van der Waals surface area contributed by atoms with Crippen LogP contribution in [-0.4, -0.2) is 61.8 Å². The van der Waals surface area contributed by atoms with Gasteiger partial charge >= 0.3 is 0 Å². The minimum absolute atomic E-state index is 0.0284. The normalized spacial score (nSPS) is 15.1. The van der Waals surface area contributed by atoms with Gasteiger partial charge in [0.05, 0.1) is 12.1 Å². The highest BCUT2D eigenvalue weighted by Gasteiger charge is 2.20. The molecule has 0 aromatic heterocycles. The number of amides is 1. The van der Waals surface area contributed by atoms with Crippen LogP contribution in [-0.2, 0) is 4.79 Å². The monoisotopic (exact) mass is 245 g/mol. The van der Waals surface area contributed by atoms with E-state index in [0.717, 1.165) is 0 Å². The molecule has 0 aliphatic heterocycles. The van der Waals surface area contributed by atoms with E-state index in [9.17, 15) is 9.90 Å². The molecule has 0 spiro atoms. The lowest BCUT2D eigenvalue weighted by molar-refractivity contribution is -0.120. The summed E-state index contributed by atoms with van der Waals surface area (Å²) in [6, 6.07) is 0. The van der Waals surface area contributed by atoms with Gasteiger partial charge in [0.15, 0.2) is 0 Å². The molecule has 0 aliphatic carbocycles. The lowest BCUT2D eigenvalue weighted by atomic mass is 10.1. The molecule has 102 valence electrons. The van der Waals surface area contributed by atoms with Gasteiger partial charge in [-0.15, -0.1) is 0 Å². The van der Waals surface area contributed by atoms with E-state index >= 15 is 0 Å². The van der Waals surface area contributed by atoms with Crippen LogP contribution >= 0.6 is 0 Å². The summed E-state index contributed by atoms with van der Waals surface area (Å²) < 4.78 is 0. The Morgan fingerprint density at radius 2 is 2.00 bits per heavy atom. The SMILES string of the molecule is CC(C)CNC(=O)CNCC(C)(O)CN(C)C. The van der Waals surface area contributed by atoms with E-state index in [1.165, 1.54) is 0 Å². The number of hydrogen-bond donors (Lipinski definition) is 3. The molecular weight excluding hydrogens is 218 g/mol. The molecule has 5 nitrogen and oxygen atoms in total. The Labute approximate surface area is 105 Å². The summed E-state index contributed by atoms with van der Waals surface area (Å²) >= 11 is 0. The fourth-order valence-electron chi connectivity index (χ4n) is 1.56. The van der Waals surface area contributed by atoms with Gasteiger partial charge in [0, 0.05) is 19.6 Å². The van der Waals surface area contributed by atoms with Crippen molar-refractivity contribution >= 4 is 5.91 Å². The summed E-state index contributed by atoms with van der Waals surface area (Å²) in [5, 5.41) is 15.8. The minimum Gasteiger partial charge on any atom is -0.388 e. The van der Waals surface area contributed by atoms with Crippen molar-refractivity contribution in [3.63, 3.8) is 0 Å². The zero-order chi connectivity index (χ0) is 13.5. The third-order valence-electron chi connectivity index (χ3n) is 2.16. The van der Waals surface area contributed by atoms with Gasteiger partial charge in [-0.25, -0.2) is 0 Å². The quantitative estimate of drug-likeness (QED) is 0.547. The molecule has 3 N–H and O–H groups in total. The molecule has 1 unspecified atom stereocenters. The minimum atomic E-state index is -0.818. The number of likely N-dealkylation sites (N-methyl/N-ethyl adjacent to an activating group) is 1. The molecule has 5 heteroatoms. The van der Waals surface area contributed by atoms with Gasteiger partial charge in [-0.2, -0.15) is 0 Å². The van der Waals surface area contributed by atoms with Gasteiger partial charge in [-0.05, 0) is 26.9 Å². The standard InChI is InChI=1S/C12H27N3O2/c1-10(2)6-14-11(16)7-13-8-12(3,17)9-15(4)5/h10,13,17H,6-9H2,1-5H3,(H,14,16). The van der Waals surface area contributed by atoms with Gasteiger partial charge in [0.25, 0.3) is 0 Å². The fourth-order valence-corrected chi connectivity index (χ4v) is 1.56. The molecule has 0 heterocycles. The van der Waals surface area contributed by atoms with Crippen molar-refractivity contribution < 1.29 is 9.90 Å². The van der Waals surface area contributed by atoms with E-state index < -0.39 is 5.60 Å². The number of nitrogens with zero attached hydrogens (tertiary/aromatic N) is 1. The number of carbonyl (C=O) groups is 1. The Kier molecular flexibility index (Phi) is 7.34. The van der Waals surface area contributed by atoms with Gasteiger partial charge in [0.2, 0.25) is 5.91 Å². The Morgan fingerprint density at radius 1 is 1.41 bits per heavy atom. The third-order valence-corrected chi connectivity index (χ3v) is 2.16. The van der Waals surface area contributed by atoms with Gasteiger partial charge < -0.3 is 20.6 Å². The highest BCUT2D eigenvalue weighted by atomic mass is 16.3. The Bertz CT molecular complexity index is 228. The molecule has 1 atom stereocenters. The summed E-state index contributed by atoms with van der Waals surface area (Å²) in [5.41, 5.74) is -0.818. The maximum atomic E-state index is 11.4. The largest absolute Gasteiger partial charge is 0.388 e. The maximum Gasteiger partial charge on any atom is 0.233 e. The summed E-state index contributed by atoms with van der Waals surface area (Å²) in [5.74, 6) is 0.426. The molecule has 0 bridgehead atoms. The van der Waals surface area contributed by atoms with Crippen LogP contribution in [0.4, 0.5) is 0 Å². The number of hydrogen-bond acceptors (Lipinski definition) is 4. The van der Waals surface area contributed by atoms with E-state index in [-0.39, 0.29) is 12.5 Å². The number of nitrogens with one attached hydrogen (secondary N) is 2. The smallest absolute Gasteiger partial charge is 0.233 e. The molecule has 17 heavy (non-hydrogen) atoms. The van der Waals surface area contributed by atoms with Crippen LogP contribution in [0.15, 0.2) is 0 Å². The molecular formula is C12H27N3O2. The van der Waals surface area contributed by atoms with Crippen LogP contribution in [0.5, 0.6) is 0 Å². The Balaban J connectivity index is 3.71. The van der Waals surface area contributed by atoms with E-state index in [4.69, 9.17) is 0 Å². The van der Waals surface area contributed by atoms with Crippen LogP contribution in [0, 0.1) is 5.92 Å². The molecule has 0 saturated carbocycles. The van der Waals surface area contributed by atoms with Crippen LogP contribution in [0.2, 0.25) is 0 Å². The van der Waals surface area contributed by atoms with E-state index in [2.05, 4.69) is 24.5 Å². The summed E-state index contributed by atoms with van der Waals surface area (Å²) in [7, 11) is 3.81. The predicted octanol–water partition coefficient (Wildman–Crippen LogP) is -0.339. The molecule has 0 rings (SSSR count). The number of rotatable bonds is 8. The molecule has 0 fully saturated rings. The van der Waals surface area contributed by atoms with Crippen LogP contribution in [0.3, 0.4) is 0 Å². The second-order valence-corrected chi connectivity index (χ2v) is 5.54. The van der Waals surface area contributed by atoms with Gasteiger partial charge in [-0.3, -0.25) is 4.79 Å². The zero-order valence-electron chi connectivity index (χ0n) is 11.7. The maximum absolute atomic E-state index is 11.4. The Hall–Kier alpha value is -0.650. The average molecular weight is 245 g/mol. The van der Waals surface area contributed by atoms with E-state index in [1.54, 1.807) is 6.92 Å².